The normalized spacial score (nSPS) is 21.7. The van der Waals surface area contributed by atoms with Crippen molar-refractivity contribution in [3.63, 3.8) is 0 Å². The Hall–Kier alpha value is -1.07. The average Bonchev–Trinajstić information content (AvgIpc) is 2.13. The van der Waals surface area contributed by atoms with Gasteiger partial charge in [0.05, 0.1) is 22.4 Å². The summed E-state index contributed by atoms with van der Waals surface area (Å²) in [6.45, 7) is 4.47. The molecule has 1 aromatic rings. The van der Waals surface area contributed by atoms with Gasteiger partial charge in [-0.05, 0) is 38.1 Å². The number of hydrogen-bond donors (Lipinski definition) is 2. The Morgan fingerprint density at radius 3 is 2.76 bits per heavy atom. The minimum atomic E-state index is -3.16. The molecule has 94 valence electrons. The Bertz CT molecular complexity index is 538. The van der Waals surface area contributed by atoms with E-state index in [0.717, 1.165) is 16.8 Å². The van der Waals surface area contributed by atoms with Crippen LogP contribution in [0.1, 0.15) is 11.1 Å². The van der Waals surface area contributed by atoms with Gasteiger partial charge in [0.2, 0.25) is 0 Å². The maximum Gasteiger partial charge on any atom is 0.182 e. The van der Waals surface area contributed by atoms with E-state index in [4.69, 9.17) is 0 Å². The van der Waals surface area contributed by atoms with E-state index >= 15 is 0 Å². The highest BCUT2D eigenvalue weighted by atomic mass is 32.2. The summed E-state index contributed by atoms with van der Waals surface area (Å²) in [6, 6.07) is 3.76. The van der Waals surface area contributed by atoms with Crippen LogP contribution in [0.5, 0.6) is 0 Å². The number of benzene rings is 1. The summed E-state index contributed by atoms with van der Waals surface area (Å²) in [5.41, 5.74) is 2.65. The second kappa shape index (κ2) is 4.31. The molecule has 0 saturated carbocycles. The van der Waals surface area contributed by atoms with Gasteiger partial charge in [-0.3, -0.25) is 0 Å². The number of rotatable bonds is 2. The molecule has 1 atom stereocenters. The van der Waals surface area contributed by atoms with Crippen molar-refractivity contribution in [2.75, 3.05) is 24.7 Å². The fraction of sp³-hybridized carbons (Fsp3) is 0.500. The molecule has 4 nitrogen and oxygen atoms in total. The first kappa shape index (κ1) is 12.4. The zero-order valence-corrected chi connectivity index (χ0v) is 11.2. The fourth-order valence-electron chi connectivity index (χ4n) is 2.44. The lowest BCUT2D eigenvalue weighted by atomic mass is 10.1. The third kappa shape index (κ3) is 2.30. The number of fused-ring (bicyclic) bond motifs is 1. The summed E-state index contributed by atoms with van der Waals surface area (Å²) in [6.07, 6.45) is 0. The van der Waals surface area contributed by atoms with Gasteiger partial charge in [-0.2, -0.15) is 0 Å². The van der Waals surface area contributed by atoms with Crippen LogP contribution in [0.2, 0.25) is 0 Å². The SMILES string of the molecule is CNCC1CS(=O)(=O)c2c(C)cc(C)cc2N1. The molecule has 0 spiro atoms. The van der Waals surface area contributed by atoms with Gasteiger partial charge in [-0.15, -0.1) is 0 Å². The molecule has 1 aliphatic heterocycles. The lowest BCUT2D eigenvalue weighted by Gasteiger charge is -2.28. The van der Waals surface area contributed by atoms with Gasteiger partial charge in [-0.25, -0.2) is 8.42 Å². The number of sulfone groups is 1. The molecular formula is C12H18N2O2S. The minimum absolute atomic E-state index is 0.0568. The maximum absolute atomic E-state index is 12.2. The first-order valence-electron chi connectivity index (χ1n) is 5.69. The molecule has 17 heavy (non-hydrogen) atoms. The van der Waals surface area contributed by atoms with Crippen LogP contribution in [0.25, 0.3) is 0 Å². The summed E-state index contributed by atoms with van der Waals surface area (Å²) >= 11 is 0. The van der Waals surface area contributed by atoms with Crippen LogP contribution < -0.4 is 10.6 Å². The standard InChI is InChI=1S/C12H18N2O2S/c1-8-4-9(2)12-11(5-8)14-10(6-13-3)7-17(12,15)16/h4-5,10,13-14H,6-7H2,1-3H3. The zero-order chi connectivity index (χ0) is 12.6. The molecule has 1 heterocycles. The molecule has 0 radical (unpaired) electrons. The van der Waals surface area contributed by atoms with Gasteiger partial charge in [0.25, 0.3) is 0 Å². The van der Waals surface area contributed by atoms with Crippen molar-refractivity contribution in [3.05, 3.63) is 23.3 Å². The van der Waals surface area contributed by atoms with Crippen molar-refractivity contribution < 1.29 is 8.42 Å². The molecule has 0 saturated heterocycles. The van der Waals surface area contributed by atoms with E-state index in [1.807, 2.05) is 33.0 Å². The molecule has 2 rings (SSSR count). The van der Waals surface area contributed by atoms with Crippen molar-refractivity contribution in [2.24, 2.45) is 0 Å². The Morgan fingerprint density at radius 1 is 1.41 bits per heavy atom. The number of nitrogens with one attached hydrogen (secondary N) is 2. The second-order valence-electron chi connectivity index (χ2n) is 4.64. The quantitative estimate of drug-likeness (QED) is 0.829. The van der Waals surface area contributed by atoms with Crippen molar-refractivity contribution >= 4 is 15.5 Å². The van der Waals surface area contributed by atoms with E-state index in [2.05, 4.69) is 10.6 Å². The van der Waals surface area contributed by atoms with Crippen LogP contribution in [-0.4, -0.2) is 33.8 Å². The van der Waals surface area contributed by atoms with E-state index in [0.29, 0.717) is 11.4 Å². The van der Waals surface area contributed by atoms with Gasteiger partial charge in [0, 0.05) is 6.54 Å². The van der Waals surface area contributed by atoms with E-state index in [-0.39, 0.29) is 11.8 Å². The number of hydrogen-bond acceptors (Lipinski definition) is 4. The summed E-state index contributed by atoms with van der Waals surface area (Å²) < 4.78 is 24.4. The third-order valence-corrected chi connectivity index (χ3v) is 4.97. The molecule has 0 amide bonds. The Balaban J connectivity index is 2.53. The van der Waals surface area contributed by atoms with Crippen LogP contribution in [0.4, 0.5) is 5.69 Å². The molecule has 1 aliphatic rings. The topological polar surface area (TPSA) is 58.2 Å². The minimum Gasteiger partial charge on any atom is -0.379 e. The fourth-order valence-corrected chi connectivity index (χ4v) is 4.34. The predicted molar refractivity (Wildman–Crippen MR) is 69.3 cm³/mol. The van der Waals surface area contributed by atoms with Crippen molar-refractivity contribution in [1.82, 2.24) is 5.32 Å². The summed E-state index contributed by atoms with van der Waals surface area (Å²) in [4.78, 5) is 0.468. The largest absolute Gasteiger partial charge is 0.379 e. The number of likely N-dealkylation sites (N-methyl/N-ethyl adjacent to an activating group) is 1. The van der Waals surface area contributed by atoms with Gasteiger partial charge < -0.3 is 10.6 Å². The summed E-state index contributed by atoms with van der Waals surface area (Å²) in [7, 11) is -1.34. The van der Waals surface area contributed by atoms with E-state index in [9.17, 15) is 8.42 Å². The van der Waals surface area contributed by atoms with Gasteiger partial charge in [-0.1, -0.05) is 6.07 Å². The second-order valence-corrected chi connectivity index (χ2v) is 6.61. The Kier molecular flexibility index (Phi) is 3.14. The molecule has 0 aliphatic carbocycles. The van der Waals surface area contributed by atoms with Gasteiger partial charge in [0.1, 0.15) is 0 Å². The summed E-state index contributed by atoms with van der Waals surface area (Å²) in [5.74, 6) is 0.157. The Morgan fingerprint density at radius 2 is 2.12 bits per heavy atom. The lowest BCUT2D eigenvalue weighted by Crippen LogP contribution is -2.41. The first-order chi connectivity index (χ1) is 7.94. The molecule has 0 bridgehead atoms. The number of aryl methyl sites for hydroxylation is 2. The Labute approximate surface area is 102 Å². The lowest BCUT2D eigenvalue weighted by molar-refractivity contribution is 0.580. The van der Waals surface area contributed by atoms with Crippen LogP contribution in [0.15, 0.2) is 17.0 Å². The van der Waals surface area contributed by atoms with Crippen LogP contribution in [0, 0.1) is 13.8 Å². The first-order valence-corrected chi connectivity index (χ1v) is 7.34. The predicted octanol–water partition coefficient (Wildman–Crippen LogP) is 1.09. The monoisotopic (exact) mass is 254 g/mol. The van der Waals surface area contributed by atoms with E-state index < -0.39 is 9.84 Å². The molecule has 2 N–H and O–H groups in total. The van der Waals surface area contributed by atoms with Crippen molar-refractivity contribution in [3.8, 4) is 0 Å². The van der Waals surface area contributed by atoms with E-state index in [1.54, 1.807) is 0 Å². The maximum atomic E-state index is 12.2. The average molecular weight is 254 g/mol. The number of anilines is 1. The van der Waals surface area contributed by atoms with E-state index in [1.165, 1.54) is 0 Å². The third-order valence-electron chi connectivity index (χ3n) is 2.96. The summed E-state index contributed by atoms with van der Waals surface area (Å²) in [5, 5.41) is 6.30. The van der Waals surface area contributed by atoms with Crippen LogP contribution in [-0.2, 0) is 9.84 Å². The van der Waals surface area contributed by atoms with Gasteiger partial charge in [0.15, 0.2) is 9.84 Å². The molecule has 0 fully saturated rings. The van der Waals surface area contributed by atoms with Gasteiger partial charge >= 0.3 is 0 Å². The molecular weight excluding hydrogens is 236 g/mol. The van der Waals surface area contributed by atoms with Crippen molar-refractivity contribution in [1.29, 1.82) is 0 Å². The smallest absolute Gasteiger partial charge is 0.182 e. The van der Waals surface area contributed by atoms with Crippen LogP contribution in [0.3, 0.4) is 0 Å². The molecule has 1 aromatic carbocycles. The molecule has 5 heteroatoms. The highest BCUT2D eigenvalue weighted by Crippen LogP contribution is 2.32. The van der Waals surface area contributed by atoms with Crippen molar-refractivity contribution in [2.45, 2.75) is 24.8 Å². The molecule has 0 aromatic heterocycles. The zero-order valence-electron chi connectivity index (χ0n) is 10.4. The highest BCUT2D eigenvalue weighted by molar-refractivity contribution is 7.91. The van der Waals surface area contributed by atoms with Crippen LogP contribution >= 0.6 is 0 Å². The highest BCUT2D eigenvalue weighted by Gasteiger charge is 2.31. The molecule has 1 unspecified atom stereocenters.